The fraction of sp³-hybridized carbons (Fsp3) is 0.312. The summed E-state index contributed by atoms with van der Waals surface area (Å²) in [7, 11) is 0. The maximum absolute atomic E-state index is 4.24. The van der Waals surface area contributed by atoms with Gasteiger partial charge in [-0.15, -0.1) is 11.8 Å². The molecule has 1 N–H and O–H groups in total. The predicted molar refractivity (Wildman–Crippen MR) is 98.0 cm³/mol. The first-order valence-electron chi connectivity index (χ1n) is 6.88. The number of halogens is 2. The van der Waals surface area contributed by atoms with Crippen LogP contribution in [0.5, 0.6) is 0 Å². The highest BCUT2D eigenvalue weighted by Crippen LogP contribution is 2.23. The molecule has 2 nitrogen and oxygen atoms in total. The van der Waals surface area contributed by atoms with Crippen molar-refractivity contribution in [3.63, 3.8) is 0 Å². The summed E-state index contributed by atoms with van der Waals surface area (Å²) in [6.45, 7) is 3.13. The highest BCUT2D eigenvalue weighted by atomic mass is 79.9. The third kappa shape index (κ3) is 6.10. The Morgan fingerprint density at radius 1 is 1.19 bits per heavy atom. The Hall–Kier alpha value is -0.360. The fourth-order valence-electron chi connectivity index (χ4n) is 2.08. The van der Waals surface area contributed by atoms with E-state index in [2.05, 4.69) is 79.4 Å². The summed E-state index contributed by atoms with van der Waals surface area (Å²) in [5.74, 6) is 1.04. The zero-order valence-electron chi connectivity index (χ0n) is 11.9. The number of hydrogen-bond donors (Lipinski definition) is 1. The molecular formula is C16H18Br2N2S. The van der Waals surface area contributed by atoms with Crippen molar-refractivity contribution in [1.29, 1.82) is 0 Å². The molecule has 0 saturated carbocycles. The molecule has 1 aromatic heterocycles. The largest absolute Gasteiger partial charge is 0.313 e. The normalized spacial score (nSPS) is 12.3. The van der Waals surface area contributed by atoms with Crippen LogP contribution >= 0.6 is 43.6 Å². The molecule has 1 heterocycles. The molecule has 21 heavy (non-hydrogen) atoms. The number of thioether (sulfide) groups is 1. The van der Waals surface area contributed by atoms with Gasteiger partial charge in [0.05, 0.1) is 0 Å². The molecule has 2 aromatic rings. The summed E-state index contributed by atoms with van der Waals surface area (Å²) in [6.07, 6.45) is 4.75. The van der Waals surface area contributed by atoms with Crippen LogP contribution in [0.4, 0.5) is 0 Å². The van der Waals surface area contributed by atoms with E-state index in [-0.39, 0.29) is 0 Å². The average Bonchev–Trinajstić information content (AvgIpc) is 2.45. The third-order valence-corrected chi connectivity index (χ3v) is 5.07. The summed E-state index contributed by atoms with van der Waals surface area (Å²) in [5.41, 5.74) is 1.25. The van der Waals surface area contributed by atoms with Crippen LogP contribution in [-0.2, 0) is 6.42 Å². The number of nitrogens with one attached hydrogen (secondary N) is 1. The van der Waals surface area contributed by atoms with Gasteiger partial charge in [-0.1, -0.05) is 28.9 Å². The molecule has 5 heteroatoms. The SMILES string of the molecule is CCNC(CSc1cccc(Br)c1)Cc1cncc(Br)c1. The number of pyridine rings is 1. The van der Waals surface area contributed by atoms with E-state index < -0.39 is 0 Å². The second-order valence-electron chi connectivity index (χ2n) is 4.74. The van der Waals surface area contributed by atoms with Gasteiger partial charge in [-0.3, -0.25) is 4.98 Å². The van der Waals surface area contributed by atoms with E-state index in [1.54, 1.807) is 0 Å². The fourth-order valence-corrected chi connectivity index (χ4v) is 4.06. The van der Waals surface area contributed by atoms with Crippen molar-refractivity contribution < 1.29 is 0 Å². The van der Waals surface area contributed by atoms with Crippen LogP contribution in [0.2, 0.25) is 0 Å². The van der Waals surface area contributed by atoms with Crippen LogP contribution in [0.15, 0.2) is 56.6 Å². The van der Waals surface area contributed by atoms with Crippen LogP contribution in [0.3, 0.4) is 0 Å². The molecule has 0 aliphatic rings. The minimum absolute atomic E-state index is 0.440. The van der Waals surface area contributed by atoms with E-state index in [1.807, 2.05) is 24.2 Å². The lowest BCUT2D eigenvalue weighted by molar-refractivity contribution is 0.572. The first-order chi connectivity index (χ1) is 10.2. The van der Waals surface area contributed by atoms with E-state index in [9.17, 15) is 0 Å². The molecule has 0 spiro atoms. The molecule has 0 fully saturated rings. The number of hydrogen-bond acceptors (Lipinski definition) is 3. The van der Waals surface area contributed by atoms with Gasteiger partial charge in [0.2, 0.25) is 0 Å². The minimum Gasteiger partial charge on any atom is -0.313 e. The predicted octanol–water partition coefficient (Wildman–Crippen LogP) is 4.92. The first-order valence-corrected chi connectivity index (χ1v) is 9.45. The van der Waals surface area contributed by atoms with Gasteiger partial charge >= 0.3 is 0 Å². The second-order valence-corrected chi connectivity index (χ2v) is 7.66. The van der Waals surface area contributed by atoms with Gasteiger partial charge in [0.1, 0.15) is 0 Å². The summed E-state index contributed by atoms with van der Waals surface area (Å²) in [6, 6.07) is 11.0. The van der Waals surface area contributed by atoms with Gasteiger partial charge in [-0.2, -0.15) is 0 Å². The Kier molecular flexibility index (Phi) is 7.23. The van der Waals surface area contributed by atoms with Crippen molar-refractivity contribution in [2.24, 2.45) is 0 Å². The molecule has 1 aromatic carbocycles. The van der Waals surface area contributed by atoms with Crippen molar-refractivity contribution in [2.45, 2.75) is 24.3 Å². The van der Waals surface area contributed by atoms with Crippen molar-refractivity contribution in [1.82, 2.24) is 10.3 Å². The van der Waals surface area contributed by atoms with E-state index >= 15 is 0 Å². The monoisotopic (exact) mass is 428 g/mol. The lowest BCUT2D eigenvalue weighted by Crippen LogP contribution is -2.33. The molecule has 2 rings (SSSR count). The second kappa shape index (κ2) is 8.93. The van der Waals surface area contributed by atoms with Gasteiger partial charge < -0.3 is 5.32 Å². The van der Waals surface area contributed by atoms with Crippen molar-refractivity contribution >= 4 is 43.6 Å². The molecule has 1 atom stereocenters. The van der Waals surface area contributed by atoms with Gasteiger partial charge in [-0.25, -0.2) is 0 Å². The zero-order chi connectivity index (χ0) is 15.1. The first kappa shape index (κ1) is 17.0. The van der Waals surface area contributed by atoms with Crippen LogP contribution < -0.4 is 5.32 Å². The highest BCUT2D eigenvalue weighted by Gasteiger charge is 2.10. The average molecular weight is 430 g/mol. The molecule has 0 radical (unpaired) electrons. The molecule has 0 aliphatic heterocycles. The lowest BCUT2D eigenvalue weighted by atomic mass is 10.1. The van der Waals surface area contributed by atoms with Crippen molar-refractivity contribution in [3.8, 4) is 0 Å². The Balaban J connectivity index is 1.95. The number of nitrogens with zero attached hydrogens (tertiary/aromatic N) is 1. The number of aromatic nitrogens is 1. The van der Waals surface area contributed by atoms with Crippen molar-refractivity contribution in [3.05, 3.63) is 57.2 Å². The molecule has 112 valence electrons. The van der Waals surface area contributed by atoms with E-state index in [0.29, 0.717) is 6.04 Å². The van der Waals surface area contributed by atoms with E-state index in [0.717, 1.165) is 27.7 Å². The van der Waals surface area contributed by atoms with E-state index in [4.69, 9.17) is 0 Å². The van der Waals surface area contributed by atoms with Gasteiger partial charge in [0, 0.05) is 38.0 Å². The van der Waals surface area contributed by atoms with Crippen LogP contribution in [0, 0.1) is 0 Å². The number of likely N-dealkylation sites (N-methyl/N-ethyl adjacent to an activating group) is 1. The Morgan fingerprint density at radius 3 is 2.76 bits per heavy atom. The van der Waals surface area contributed by atoms with E-state index in [1.165, 1.54) is 10.5 Å². The topological polar surface area (TPSA) is 24.9 Å². The molecule has 0 aliphatic carbocycles. The quantitative estimate of drug-likeness (QED) is 0.632. The Labute approximate surface area is 147 Å². The van der Waals surface area contributed by atoms with Crippen LogP contribution in [0.1, 0.15) is 12.5 Å². The Bertz CT molecular complexity index is 578. The Morgan fingerprint density at radius 2 is 2.05 bits per heavy atom. The van der Waals surface area contributed by atoms with Crippen molar-refractivity contribution in [2.75, 3.05) is 12.3 Å². The summed E-state index contributed by atoms with van der Waals surface area (Å²) in [4.78, 5) is 5.53. The number of benzene rings is 1. The summed E-state index contributed by atoms with van der Waals surface area (Å²) >= 11 is 8.88. The summed E-state index contributed by atoms with van der Waals surface area (Å²) < 4.78 is 2.17. The standard InChI is InChI=1S/C16H18Br2N2S/c1-2-20-15(7-12-6-14(18)10-19-9-12)11-21-16-5-3-4-13(17)8-16/h3-6,8-10,15,20H,2,7,11H2,1H3. The third-order valence-electron chi connectivity index (χ3n) is 2.98. The zero-order valence-corrected chi connectivity index (χ0v) is 15.8. The summed E-state index contributed by atoms with van der Waals surface area (Å²) in [5, 5.41) is 3.56. The lowest BCUT2D eigenvalue weighted by Gasteiger charge is -2.17. The highest BCUT2D eigenvalue weighted by molar-refractivity contribution is 9.10. The van der Waals surface area contributed by atoms with Gasteiger partial charge in [0.15, 0.2) is 0 Å². The number of rotatable bonds is 7. The maximum Gasteiger partial charge on any atom is 0.0410 e. The molecule has 1 unspecified atom stereocenters. The smallest absolute Gasteiger partial charge is 0.0410 e. The maximum atomic E-state index is 4.24. The molecule has 0 bridgehead atoms. The van der Waals surface area contributed by atoms with Crippen LogP contribution in [-0.4, -0.2) is 23.3 Å². The molecule has 0 amide bonds. The van der Waals surface area contributed by atoms with Crippen LogP contribution in [0.25, 0.3) is 0 Å². The molecule has 0 saturated heterocycles. The van der Waals surface area contributed by atoms with Gasteiger partial charge in [0.25, 0.3) is 0 Å². The minimum atomic E-state index is 0.440. The molecular weight excluding hydrogens is 412 g/mol. The van der Waals surface area contributed by atoms with Gasteiger partial charge in [-0.05, 0) is 58.7 Å².